The highest BCUT2D eigenvalue weighted by Gasteiger charge is 2.24. The Morgan fingerprint density at radius 2 is 1.74 bits per heavy atom. The summed E-state index contributed by atoms with van der Waals surface area (Å²) in [4.78, 5) is 19.1. The van der Waals surface area contributed by atoms with Crippen LogP contribution in [0.1, 0.15) is 47.1 Å². The fourth-order valence-electron chi connectivity index (χ4n) is 3.07. The quantitative estimate of drug-likeness (QED) is 0.453. The van der Waals surface area contributed by atoms with E-state index >= 15 is 0 Å². The average Bonchev–Trinajstić information content (AvgIpc) is 2.69. The number of nitrogens with one attached hydrogen (secondary N) is 3. The van der Waals surface area contributed by atoms with Crippen molar-refractivity contribution in [1.82, 2.24) is 16.0 Å². The number of alkyl carbamates (subject to hydrolysis) is 1. The number of amides is 1. The molecule has 0 bridgehead atoms. The molecule has 0 spiro atoms. The fourth-order valence-corrected chi connectivity index (χ4v) is 3.07. The Morgan fingerprint density at radius 3 is 2.32 bits per heavy atom. The van der Waals surface area contributed by atoms with Gasteiger partial charge in [-0.25, -0.2) is 9.79 Å². The SMILES string of the molecule is CCNC(=NCc1ccc(N2CCOCC2)cc1)NCC(C)(C)NC(=O)OC(C)(C)C. The molecule has 1 aromatic rings. The molecule has 0 radical (unpaired) electrons. The number of benzene rings is 1. The van der Waals surface area contributed by atoms with E-state index in [2.05, 4.69) is 50.1 Å². The van der Waals surface area contributed by atoms with E-state index in [0.29, 0.717) is 19.0 Å². The van der Waals surface area contributed by atoms with Crippen molar-refractivity contribution in [3.05, 3.63) is 29.8 Å². The van der Waals surface area contributed by atoms with Gasteiger partial charge in [-0.05, 0) is 59.2 Å². The maximum Gasteiger partial charge on any atom is 0.408 e. The van der Waals surface area contributed by atoms with Crippen LogP contribution in [0.5, 0.6) is 0 Å². The van der Waals surface area contributed by atoms with Crippen molar-refractivity contribution in [2.75, 3.05) is 44.3 Å². The number of anilines is 1. The monoisotopic (exact) mass is 433 g/mol. The third-order valence-electron chi connectivity index (χ3n) is 4.61. The van der Waals surface area contributed by atoms with Gasteiger partial charge in [-0.15, -0.1) is 0 Å². The van der Waals surface area contributed by atoms with Gasteiger partial charge in [0.15, 0.2) is 5.96 Å². The highest BCUT2D eigenvalue weighted by atomic mass is 16.6. The van der Waals surface area contributed by atoms with Crippen LogP contribution in [0, 0.1) is 0 Å². The Labute approximate surface area is 186 Å². The van der Waals surface area contributed by atoms with Crippen LogP contribution < -0.4 is 20.9 Å². The van der Waals surface area contributed by atoms with Gasteiger partial charge < -0.3 is 30.3 Å². The molecule has 0 saturated carbocycles. The number of morpholine rings is 1. The van der Waals surface area contributed by atoms with Crippen LogP contribution in [-0.4, -0.2) is 62.6 Å². The van der Waals surface area contributed by atoms with E-state index < -0.39 is 17.2 Å². The van der Waals surface area contributed by atoms with Gasteiger partial charge in [0.25, 0.3) is 0 Å². The molecule has 1 aliphatic rings. The summed E-state index contributed by atoms with van der Waals surface area (Å²) < 4.78 is 10.8. The Balaban J connectivity index is 1.89. The van der Waals surface area contributed by atoms with E-state index in [9.17, 15) is 4.79 Å². The molecule has 8 heteroatoms. The molecule has 1 amide bonds. The molecule has 3 N–H and O–H groups in total. The number of nitrogens with zero attached hydrogens (tertiary/aromatic N) is 2. The van der Waals surface area contributed by atoms with Gasteiger partial charge in [-0.3, -0.25) is 0 Å². The van der Waals surface area contributed by atoms with Gasteiger partial charge >= 0.3 is 6.09 Å². The molecule has 0 atom stereocenters. The van der Waals surface area contributed by atoms with E-state index in [1.165, 1.54) is 5.69 Å². The summed E-state index contributed by atoms with van der Waals surface area (Å²) in [6.45, 7) is 16.7. The lowest BCUT2D eigenvalue weighted by Gasteiger charge is -2.29. The van der Waals surface area contributed by atoms with E-state index in [0.717, 1.165) is 38.4 Å². The predicted octanol–water partition coefficient (Wildman–Crippen LogP) is 2.88. The van der Waals surface area contributed by atoms with Crippen LogP contribution in [0.3, 0.4) is 0 Å². The summed E-state index contributed by atoms with van der Waals surface area (Å²) in [7, 11) is 0. The van der Waals surface area contributed by atoms with Crippen molar-refractivity contribution in [2.45, 2.75) is 59.2 Å². The summed E-state index contributed by atoms with van der Waals surface area (Å²) in [6.07, 6.45) is -0.429. The first-order chi connectivity index (χ1) is 14.6. The van der Waals surface area contributed by atoms with Crippen molar-refractivity contribution < 1.29 is 14.3 Å². The summed E-state index contributed by atoms with van der Waals surface area (Å²) in [5.41, 5.74) is 1.33. The maximum absolute atomic E-state index is 12.1. The molecule has 1 aromatic carbocycles. The van der Waals surface area contributed by atoms with Crippen molar-refractivity contribution in [2.24, 2.45) is 4.99 Å². The molecule has 31 heavy (non-hydrogen) atoms. The minimum Gasteiger partial charge on any atom is -0.444 e. The largest absolute Gasteiger partial charge is 0.444 e. The van der Waals surface area contributed by atoms with Crippen LogP contribution in [0.4, 0.5) is 10.5 Å². The van der Waals surface area contributed by atoms with Crippen LogP contribution >= 0.6 is 0 Å². The maximum atomic E-state index is 12.1. The van der Waals surface area contributed by atoms with E-state index in [-0.39, 0.29) is 0 Å². The Bertz CT molecular complexity index is 720. The second-order valence-electron chi connectivity index (χ2n) is 9.33. The van der Waals surface area contributed by atoms with Crippen molar-refractivity contribution in [3.8, 4) is 0 Å². The average molecular weight is 434 g/mol. The lowest BCUT2D eigenvalue weighted by atomic mass is 10.1. The third kappa shape index (κ3) is 9.46. The minimum atomic E-state index is -0.526. The van der Waals surface area contributed by atoms with Gasteiger partial charge in [0, 0.05) is 31.9 Å². The number of aliphatic imine (C=N–C) groups is 1. The molecule has 2 rings (SSSR count). The first-order valence-corrected chi connectivity index (χ1v) is 11.0. The first-order valence-electron chi connectivity index (χ1n) is 11.0. The summed E-state index contributed by atoms with van der Waals surface area (Å²) in [5.74, 6) is 0.707. The molecular formula is C23H39N5O3. The molecule has 174 valence electrons. The van der Waals surface area contributed by atoms with Crippen LogP contribution in [0.2, 0.25) is 0 Å². The molecule has 0 aromatic heterocycles. The van der Waals surface area contributed by atoms with E-state index in [1.807, 2.05) is 41.5 Å². The van der Waals surface area contributed by atoms with Gasteiger partial charge in [-0.1, -0.05) is 12.1 Å². The lowest BCUT2D eigenvalue weighted by molar-refractivity contribution is 0.0474. The normalized spacial score (nSPS) is 15.4. The standard InChI is InChI=1S/C23H39N5O3/c1-7-24-20(26-17-23(5,6)27-21(29)31-22(2,3)4)25-16-18-8-10-19(11-9-18)28-12-14-30-15-13-28/h8-11H,7,12-17H2,1-6H3,(H,27,29)(H2,24,25,26). The second-order valence-corrected chi connectivity index (χ2v) is 9.33. The summed E-state index contributed by atoms with van der Waals surface area (Å²) in [6, 6.07) is 8.52. The molecule has 1 aliphatic heterocycles. The van der Waals surface area contributed by atoms with Gasteiger partial charge in [0.2, 0.25) is 0 Å². The zero-order valence-corrected chi connectivity index (χ0v) is 19.9. The molecular weight excluding hydrogens is 394 g/mol. The number of carbonyl (C=O) groups excluding carboxylic acids is 1. The Hall–Kier alpha value is -2.48. The Kier molecular flexibility index (Phi) is 8.98. The molecule has 0 aliphatic carbocycles. The lowest BCUT2D eigenvalue weighted by Crippen LogP contribution is -2.54. The van der Waals surface area contributed by atoms with E-state index in [4.69, 9.17) is 9.47 Å². The summed E-state index contributed by atoms with van der Waals surface area (Å²) >= 11 is 0. The summed E-state index contributed by atoms with van der Waals surface area (Å²) in [5, 5.41) is 9.46. The number of hydrogen-bond donors (Lipinski definition) is 3. The van der Waals surface area contributed by atoms with Gasteiger partial charge in [0.05, 0.1) is 25.3 Å². The van der Waals surface area contributed by atoms with Crippen molar-refractivity contribution in [1.29, 1.82) is 0 Å². The number of carbonyl (C=O) groups is 1. The van der Waals surface area contributed by atoms with Crippen molar-refractivity contribution >= 4 is 17.7 Å². The Morgan fingerprint density at radius 1 is 1.10 bits per heavy atom. The van der Waals surface area contributed by atoms with Crippen LogP contribution in [0.15, 0.2) is 29.3 Å². The zero-order valence-electron chi connectivity index (χ0n) is 19.9. The molecule has 8 nitrogen and oxygen atoms in total. The van der Waals surface area contributed by atoms with Crippen LogP contribution in [0.25, 0.3) is 0 Å². The van der Waals surface area contributed by atoms with Crippen molar-refractivity contribution in [3.63, 3.8) is 0 Å². The number of ether oxygens (including phenoxy) is 2. The third-order valence-corrected chi connectivity index (χ3v) is 4.61. The van der Waals surface area contributed by atoms with E-state index in [1.54, 1.807) is 0 Å². The number of guanidine groups is 1. The zero-order chi connectivity index (χ0) is 22.9. The molecule has 1 fully saturated rings. The number of rotatable bonds is 7. The highest BCUT2D eigenvalue weighted by Crippen LogP contribution is 2.17. The fraction of sp³-hybridized carbons (Fsp3) is 0.652. The second kappa shape index (κ2) is 11.2. The highest BCUT2D eigenvalue weighted by molar-refractivity contribution is 5.80. The smallest absolute Gasteiger partial charge is 0.408 e. The minimum absolute atomic E-state index is 0.429. The van der Waals surface area contributed by atoms with Gasteiger partial charge in [-0.2, -0.15) is 0 Å². The number of hydrogen-bond acceptors (Lipinski definition) is 5. The molecule has 1 heterocycles. The first kappa shape index (κ1) is 24.8. The molecule has 1 saturated heterocycles. The van der Waals surface area contributed by atoms with Gasteiger partial charge in [0.1, 0.15) is 5.60 Å². The molecule has 0 unspecified atom stereocenters. The topological polar surface area (TPSA) is 87.2 Å². The van der Waals surface area contributed by atoms with Crippen LogP contribution in [-0.2, 0) is 16.0 Å². The predicted molar refractivity (Wildman–Crippen MR) is 126 cm³/mol.